The Kier molecular flexibility index (Phi) is 7.33. The van der Waals surface area contributed by atoms with E-state index in [2.05, 4.69) is 74.1 Å². The van der Waals surface area contributed by atoms with Crippen LogP contribution in [0.4, 0.5) is 0 Å². The van der Waals surface area contributed by atoms with Crippen molar-refractivity contribution in [3.63, 3.8) is 0 Å². The summed E-state index contributed by atoms with van der Waals surface area (Å²) in [7, 11) is 0. The third kappa shape index (κ3) is 5.72. The number of aryl methyl sites for hydroxylation is 2. The third-order valence-corrected chi connectivity index (χ3v) is 7.09. The molecular formula is C30H36N6O. The first-order valence-electron chi connectivity index (χ1n) is 13.2. The smallest absolute Gasteiger partial charge is 0.251 e. The van der Waals surface area contributed by atoms with Crippen molar-refractivity contribution in [1.82, 2.24) is 30.0 Å². The Morgan fingerprint density at radius 1 is 1.00 bits per heavy atom. The van der Waals surface area contributed by atoms with Crippen LogP contribution in [0.3, 0.4) is 0 Å². The van der Waals surface area contributed by atoms with Gasteiger partial charge in [0.15, 0.2) is 5.82 Å². The number of nitrogens with zero attached hydrogens (tertiary/aromatic N) is 5. The predicted molar refractivity (Wildman–Crippen MR) is 146 cm³/mol. The lowest BCUT2D eigenvalue weighted by Gasteiger charge is -2.23. The van der Waals surface area contributed by atoms with Crippen LogP contribution < -0.4 is 5.32 Å². The van der Waals surface area contributed by atoms with Gasteiger partial charge in [0.2, 0.25) is 0 Å². The molecular weight excluding hydrogens is 460 g/mol. The van der Waals surface area contributed by atoms with Crippen LogP contribution in [0.2, 0.25) is 0 Å². The number of rotatable bonds is 7. The van der Waals surface area contributed by atoms with Crippen molar-refractivity contribution in [2.75, 3.05) is 13.1 Å². The van der Waals surface area contributed by atoms with E-state index in [0.717, 1.165) is 67.3 Å². The van der Waals surface area contributed by atoms with E-state index in [9.17, 15) is 4.79 Å². The molecule has 37 heavy (non-hydrogen) atoms. The number of aromatic nitrogens is 4. The van der Waals surface area contributed by atoms with Crippen LogP contribution in [0.5, 0.6) is 0 Å². The maximum atomic E-state index is 13.3. The topological polar surface area (TPSA) is 75.9 Å². The van der Waals surface area contributed by atoms with Gasteiger partial charge in [-0.1, -0.05) is 49.2 Å². The lowest BCUT2D eigenvalue weighted by atomic mass is 10.0. The van der Waals surface area contributed by atoms with Gasteiger partial charge in [-0.15, -0.1) is 10.2 Å². The maximum absolute atomic E-state index is 13.3. The molecule has 1 N–H and O–H groups in total. The Hall–Kier alpha value is -3.58. The first-order chi connectivity index (χ1) is 17.9. The number of hydrogen-bond acceptors (Lipinski definition) is 5. The quantitative estimate of drug-likeness (QED) is 0.389. The van der Waals surface area contributed by atoms with Crippen LogP contribution in [0.1, 0.15) is 65.0 Å². The molecule has 0 aliphatic carbocycles. The first kappa shape index (κ1) is 25.1. The third-order valence-electron chi connectivity index (χ3n) is 7.09. The summed E-state index contributed by atoms with van der Waals surface area (Å²) in [6, 6.07) is 16.3. The van der Waals surface area contributed by atoms with Crippen molar-refractivity contribution in [3.05, 3.63) is 88.6 Å². The molecule has 0 unspecified atom stereocenters. The van der Waals surface area contributed by atoms with Crippen molar-refractivity contribution >= 4 is 16.8 Å². The van der Waals surface area contributed by atoms with Gasteiger partial charge >= 0.3 is 0 Å². The number of hydrogen-bond donors (Lipinski definition) is 1. The van der Waals surface area contributed by atoms with E-state index < -0.39 is 0 Å². The minimum atomic E-state index is -0.190. The molecule has 2 aromatic carbocycles. The SMILES string of the molecule is Cc1cc(C)cc(C(=O)N[C@H](CC(C)C)c2nnc3n2CCN(Cc2cccc4ncccc24)CC3)c1. The summed E-state index contributed by atoms with van der Waals surface area (Å²) < 4.78 is 2.24. The van der Waals surface area contributed by atoms with Crippen molar-refractivity contribution in [1.29, 1.82) is 0 Å². The van der Waals surface area contributed by atoms with E-state index in [1.54, 1.807) is 0 Å². The second-order valence-corrected chi connectivity index (χ2v) is 10.7. The molecule has 0 spiro atoms. The molecule has 0 bridgehead atoms. The highest BCUT2D eigenvalue weighted by atomic mass is 16.1. The summed E-state index contributed by atoms with van der Waals surface area (Å²) in [5, 5.41) is 13.7. The Labute approximate surface area is 218 Å². The fraction of sp³-hybridized carbons (Fsp3) is 0.400. The summed E-state index contributed by atoms with van der Waals surface area (Å²) in [6.45, 7) is 11.9. The van der Waals surface area contributed by atoms with Gasteiger partial charge in [-0.3, -0.25) is 14.7 Å². The number of fused-ring (bicyclic) bond motifs is 2. The highest BCUT2D eigenvalue weighted by Crippen LogP contribution is 2.24. The molecule has 5 rings (SSSR count). The molecule has 2 aromatic heterocycles. The molecule has 0 saturated carbocycles. The van der Waals surface area contributed by atoms with Gasteiger partial charge < -0.3 is 9.88 Å². The summed E-state index contributed by atoms with van der Waals surface area (Å²) in [5.74, 6) is 2.19. The van der Waals surface area contributed by atoms with Crippen molar-refractivity contribution < 1.29 is 4.79 Å². The number of benzene rings is 2. The fourth-order valence-electron chi connectivity index (χ4n) is 5.40. The number of nitrogens with one attached hydrogen (secondary N) is 1. The van der Waals surface area contributed by atoms with Crippen LogP contribution in [0, 0.1) is 19.8 Å². The van der Waals surface area contributed by atoms with Crippen LogP contribution >= 0.6 is 0 Å². The number of carbonyl (C=O) groups excluding carboxylic acids is 1. The molecule has 1 amide bonds. The standard InChI is InChI=1S/C30H36N6O/c1-20(2)15-27(32-30(37)24-17-21(3)16-22(4)18-24)29-34-33-28-10-12-35(13-14-36(28)29)19-23-7-5-9-26-25(23)8-6-11-31-26/h5-9,11,16-18,20,27H,10,12-15,19H2,1-4H3,(H,32,37)/t27-/m1/s1. The lowest BCUT2D eigenvalue weighted by Crippen LogP contribution is -2.32. The molecule has 1 aliphatic heterocycles. The van der Waals surface area contributed by atoms with Gasteiger partial charge in [0.1, 0.15) is 5.82 Å². The highest BCUT2D eigenvalue weighted by Gasteiger charge is 2.26. The summed E-state index contributed by atoms with van der Waals surface area (Å²) in [6.07, 6.45) is 3.48. The van der Waals surface area contributed by atoms with Crippen LogP contribution in [0.15, 0.2) is 54.7 Å². The van der Waals surface area contributed by atoms with Crippen LogP contribution in [0.25, 0.3) is 10.9 Å². The predicted octanol–water partition coefficient (Wildman–Crippen LogP) is 5.02. The largest absolute Gasteiger partial charge is 0.342 e. The Bertz CT molecular complexity index is 1380. The second-order valence-electron chi connectivity index (χ2n) is 10.7. The van der Waals surface area contributed by atoms with Gasteiger partial charge in [-0.25, -0.2) is 0 Å². The van der Waals surface area contributed by atoms with Crippen molar-refractivity contribution in [3.8, 4) is 0 Å². The Balaban J connectivity index is 1.34. The Morgan fingerprint density at radius 3 is 2.59 bits per heavy atom. The van der Waals surface area contributed by atoms with E-state index in [1.807, 2.05) is 38.2 Å². The molecule has 4 aromatic rings. The summed E-state index contributed by atoms with van der Waals surface area (Å²) in [4.78, 5) is 20.2. The number of amides is 1. The normalized spacial score (nSPS) is 14.9. The summed E-state index contributed by atoms with van der Waals surface area (Å²) >= 11 is 0. The zero-order valence-corrected chi connectivity index (χ0v) is 22.2. The molecule has 0 saturated heterocycles. The maximum Gasteiger partial charge on any atom is 0.251 e. The molecule has 0 radical (unpaired) electrons. The fourth-order valence-corrected chi connectivity index (χ4v) is 5.40. The number of carbonyl (C=O) groups is 1. The molecule has 7 nitrogen and oxygen atoms in total. The van der Waals surface area contributed by atoms with Gasteiger partial charge in [-0.2, -0.15) is 0 Å². The van der Waals surface area contributed by atoms with E-state index in [0.29, 0.717) is 11.5 Å². The Morgan fingerprint density at radius 2 is 1.81 bits per heavy atom. The van der Waals surface area contributed by atoms with E-state index >= 15 is 0 Å². The molecule has 192 valence electrons. The monoisotopic (exact) mass is 496 g/mol. The van der Waals surface area contributed by atoms with Crippen LogP contribution in [-0.4, -0.2) is 43.6 Å². The van der Waals surface area contributed by atoms with Crippen molar-refractivity contribution in [2.24, 2.45) is 5.92 Å². The van der Waals surface area contributed by atoms with Gasteiger partial charge in [-0.05, 0) is 56.0 Å². The molecule has 7 heteroatoms. The molecule has 1 aliphatic rings. The van der Waals surface area contributed by atoms with Crippen LogP contribution in [-0.2, 0) is 19.5 Å². The first-order valence-corrected chi connectivity index (χ1v) is 13.2. The zero-order chi connectivity index (χ0) is 25.9. The zero-order valence-electron chi connectivity index (χ0n) is 22.2. The lowest BCUT2D eigenvalue weighted by molar-refractivity contribution is 0.0928. The molecule has 1 atom stereocenters. The minimum absolute atomic E-state index is 0.0605. The minimum Gasteiger partial charge on any atom is -0.342 e. The van der Waals surface area contributed by atoms with Crippen molar-refractivity contribution in [2.45, 2.75) is 59.7 Å². The summed E-state index contributed by atoms with van der Waals surface area (Å²) in [5.41, 5.74) is 5.19. The molecule has 3 heterocycles. The number of pyridine rings is 1. The van der Waals surface area contributed by atoms with E-state index in [1.165, 1.54) is 10.9 Å². The second kappa shape index (κ2) is 10.8. The van der Waals surface area contributed by atoms with Gasteiger partial charge in [0.25, 0.3) is 5.91 Å². The van der Waals surface area contributed by atoms with Gasteiger partial charge in [0, 0.05) is 49.7 Å². The average molecular weight is 497 g/mol. The highest BCUT2D eigenvalue weighted by molar-refractivity contribution is 5.94. The van der Waals surface area contributed by atoms with E-state index in [-0.39, 0.29) is 11.9 Å². The molecule has 0 fully saturated rings. The average Bonchev–Trinajstić information content (AvgIpc) is 3.17. The van der Waals surface area contributed by atoms with Gasteiger partial charge in [0.05, 0.1) is 11.6 Å². The van der Waals surface area contributed by atoms with E-state index in [4.69, 9.17) is 0 Å².